The monoisotopic (exact) mass is 321 g/mol. The molecule has 2 rings (SSSR count). The van der Waals surface area contributed by atoms with Gasteiger partial charge in [0, 0.05) is 11.4 Å². The fourth-order valence-corrected chi connectivity index (χ4v) is 2.38. The Bertz CT molecular complexity index is 731. The van der Waals surface area contributed by atoms with E-state index >= 15 is 0 Å². The predicted molar refractivity (Wildman–Crippen MR) is 98.0 cm³/mol. The average molecular weight is 321 g/mol. The van der Waals surface area contributed by atoms with Crippen LogP contribution < -0.4 is 10.6 Å². The van der Waals surface area contributed by atoms with Crippen molar-refractivity contribution in [1.29, 1.82) is 5.26 Å². The van der Waals surface area contributed by atoms with Crippen molar-refractivity contribution in [1.82, 2.24) is 0 Å². The maximum atomic E-state index is 12.3. The van der Waals surface area contributed by atoms with Gasteiger partial charge in [0.1, 0.15) is 6.04 Å². The lowest BCUT2D eigenvalue weighted by molar-refractivity contribution is -0.116. The second kappa shape index (κ2) is 8.16. The number of carbonyl (C=O) groups is 1. The van der Waals surface area contributed by atoms with E-state index in [4.69, 9.17) is 5.26 Å². The van der Waals surface area contributed by atoms with Crippen molar-refractivity contribution < 1.29 is 4.79 Å². The molecule has 2 aromatic rings. The van der Waals surface area contributed by atoms with E-state index in [0.29, 0.717) is 17.2 Å². The number of nitrogens with one attached hydrogen (secondary N) is 2. The minimum atomic E-state index is -0.384. The molecule has 1 amide bonds. The van der Waals surface area contributed by atoms with Crippen molar-refractivity contribution in [3.63, 3.8) is 0 Å². The summed E-state index contributed by atoms with van der Waals surface area (Å²) in [5, 5.41) is 14.9. The summed E-state index contributed by atoms with van der Waals surface area (Å²) >= 11 is 0. The number of benzene rings is 2. The van der Waals surface area contributed by atoms with Crippen LogP contribution in [0.15, 0.2) is 48.5 Å². The molecule has 2 atom stereocenters. The first kappa shape index (κ1) is 17.6. The number of nitrogens with zero attached hydrogens (tertiary/aromatic N) is 1. The van der Waals surface area contributed by atoms with Gasteiger partial charge in [-0.05, 0) is 55.2 Å². The molecule has 0 unspecified atom stereocenters. The normalized spacial score (nSPS) is 12.8. The molecule has 2 aromatic carbocycles. The number of carbonyl (C=O) groups excluding carboxylic acids is 1. The molecule has 0 bridgehead atoms. The highest BCUT2D eigenvalue weighted by molar-refractivity contribution is 5.96. The summed E-state index contributed by atoms with van der Waals surface area (Å²) < 4.78 is 0. The summed E-state index contributed by atoms with van der Waals surface area (Å²) in [5.74, 6) is 0.392. The Balaban J connectivity index is 1.97. The van der Waals surface area contributed by atoms with Crippen LogP contribution >= 0.6 is 0 Å². The molecular weight excluding hydrogens is 298 g/mol. The minimum Gasteiger partial charge on any atom is -0.374 e. The molecule has 0 aliphatic carbocycles. The summed E-state index contributed by atoms with van der Waals surface area (Å²) in [6.07, 6.45) is 1.10. The number of hydrogen-bond acceptors (Lipinski definition) is 3. The van der Waals surface area contributed by atoms with E-state index in [9.17, 15) is 4.79 Å². The topological polar surface area (TPSA) is 64.9 Å². The molecule has 4 heteroatoms. The first-order chi connectivity index (χ1) is 11.5. The first-order valence-corrected chi connectivity index (χ1v) is 8.21. The Morgan fingerprint density at radius 2 is 1.83 bits per heavy atom. The number of rotatable bonds is 6. The number of nitriles is 1. The van der Waals surface area contributed by atoms with Crippen LogP contribution in [0.2, 0.25) is 0 Å². The van der Waals surface area contributed by atoms with Gasteiger partial charge >= 0.3 is 0 Å². The quantitative estimate of drug-likeness (QED) is 0.822. The molecular formula is C20H23N3O. The molecule has 2 N–H and O–H groups in total. The van der Waals surface area contributed by atoms with E-state index in [0.717, 1.165) is 12.1 Å². The van der Waals surface area contributed by atoms with Gasteiger partial charge in [-0.15, -0.1) is 0 Å². The van der Waals surface area contributed by atoms with E-state index in [1.807, 2.05) is 19.1 Å². The summed E-state index contributed by atoms with van der Waals surface area (Å²) in [6, 6.07) is 16.8. The Morgan fingerprint density at radius 3 is 2.46 bits per heavy atom. The number of anilines is 2. The Kier molecular flexibility index (Phi) is 5.97. The van der Waals surface area contributed by atoms with Crippen LogP contribution in [0.25, 0.3) is 0 Å². The molecule has 0 radical (unpaired) electrons. The average Bonchev–Trinajstić information content (AvgIpc) is 2.61. The van der Waals surface area contributed by atoms with E-state index in [1.54, 1.807) is 24.3 Å². The van der Waals surface area contributed by atoms with Gasteiger partial charge < -0.3 is 10.6 Å². The van der Waals surface area contributed by atoms with Crippen molar-refractivity contribution in [2.24, 2.45) is 0 Å². The van der Waals surface area contributed by atoms with Crippen LogP contribution in [-0.4, -0.2) is 11.9 Å². The molecule has 0 spiro atoms. The minimum absolute atomic E-state index is 0.143. The smallest absolute Gasteiger partial charge is 0.246 e. The lowest BCUT2D eigenvalue weighted by atomic mass is 9.98. The molecule has 0 fully saturated rings. The van der Waals surface area contributed by atoms with Gasteiger partial charge in [-0.1, -0.05) is 32.0 Å². The fraction of sp³-hybridized carbons (Fsp3) is 0.300. The molecule has 0 saturated carbocycles. The maximum absolute atomic E-state index is 12.3. The third-order valence-electron chi connectivity index (χ3n) is 4.13. The largest absolute Gasteiger partial charge is 0.374 e. The van der Waals surface area contributed by atoms with E-state index < -0.39 is 0 Å². The summed E-state index contributed by atoms with van der Waals surface area (Å²) in [5.41, 5.74) is 3.36. The highest BCUT2D eigenvalue weighted by Crippen LogP contribution is 2.21. The summed E-state index contributed by atoms with van der Waals surface area (Å²) in [6.45, 7) is 6.18. The predicted octanol–water partition coefficient (Wildman–Crippen LogP) is 4.51. The SMILES string of the molecule is CC[C@@H](C)c1ccc(N[C@@H](C)C(=O)Nc2cccc(C#N)c2)cc1. The molecule has 0 saturated heterocycles. The summed E-state index contributed by atoms with van der Waals surface area (Å²) in [7, 11) is 0. The first-order valence-electron chi connectivity index (χ1n) is 8.21. The van der Waals surface area contributed by atoms with Gasteiger partial charge in [-0.3, -0.25) is 4.79 Å². The standard InChI is InChI=1S/C20H23N3O/c1-4-14(2)17-8-10-18(11-9-17)22-15(3)20(24)23-19-7-5-6-16(12-19)13-21/h5-12,14-15,22H,4H2,1-3H3,(H,23,24)/t14-,15+/m1/s1. The Labute approximate surface area is 143 Å². The highest BCUT2D eigenvalue weighted by Gasteiger charge is 2.13. The van der Waals surface area contributed by atoms with Gasteiger partial charge in [0.15, 0.2) is 0 Å². The molecule has 0 aliphatic rings. The molecule has 24 heavy (non-hydrogen) atoms. The van der Waals surface area contributed by atoms with E-state index in [2.05, 4.69) is 42.7 Å². The van der Waals surface area contributed by atoms with Gasteiger partial charge in [-0.25, -0.2) is 0 Å². The highest BCUT2D eigenvalue weighted by atomic mass is 16.2. The summed E-state index contributed by atoms with van der Waals surface area (Å²) in [4.78, 5) is 12.3. The van der Waals surface area contributed by atoms with Crippen LogP contribution in [0.4, 0.5) is 11.4 Å². The lowest BCUT2D eigenvalue weighted by Crippen LogP contribution is -2.31. The van der Waals surface area contributed by atoms with E-state index in [-0.39, 0.29) is 11.9 Å². The van der Waals surface area contributed by atoms with Crippen molar-refractivity contribution >= 4 is 17.3 Å². The fourth-order valence-electron chi connectivity index (χ4n) is 2.38. The zero-order chi connectivity index (χ0) is 17.5. The van der Waals surface area contributed by atoms with Gasteiger partial charge in [0.25, 0.3) is 0 Å². The number of amides is 1. The molecule has 4 nitrogen and oxygen atoms in total. The Hall–Kier alpha value is -2.80. The molecule has 0 heterocycles. The van der Waals surface area contributed by atoms with Gasteiger partial charge in [-0.2, -0.15) is 5.26 Å². The van der Waals surface area contributed by atoms with Crippen molar-refractivity contribution in [3.05, 3.63) is 59.7 Å². The van der Waals surface area contributed by atoms with Crippen LogP contribution in [0.3, 0.4) is 0 Å². The van der Waals surface area contributed by atoms with Crippen LogP contribution in [0.5, 0.6) is 0 Å². The lowest BCUT2D eigenvalue weighted by Gasteiger charge is -2.16. The van der Waals surface area contributed by atoms with Crippen LogP contribution in [-0.2, 0) is 4.79 Å². The second-order valence-electron chi connectivity index (χ2n) is 5.98. The number of hydrogen-bond donors (Lipinski definition) is 2. The van der Waals surface area contributed by atoms with E-state index in [1.165, 1.54) is 5.56 Å². The molecule has 124 valence electrons. The third kappa shape index (κ3) is 4.60. The zero-order valence-corrected chi connectivity index (χ0v) is 14.3. The van der Waals surface area contributed by atoms with Gasteiger partial charge in [0.05, 0.1) is 11.6 Å². The second-order valence-corrected chi connectivity index (χ2v) is 5.98. The van der Waals surface area contributed by atoms with Crippen molar-refractivity contribution in [3.8, 4) is 6.07 Å². The third-order valence-corrected chi connectivity index (χ3v) is 4.13. The Morgan fingerprint density at radius 1 is 1.12 bits per heavy atom. The molecule has 0 aliphatic heterocycles. The zero-order valence-electron chi connectivity index (χ0n) is 14.3. The van der Waals surface area contributed by atoms with Crippen molar-refractivity contribution in [2.45, 2.75) is 39.2 Å². The van der Waals surface area contributed by atoms with Crippen LogP contribution in [0.1, 0.15) is 44.2 Å². The maximum Gasteiger partial charge on any atom is 0.246 e. The van der Waals surface area contributed by atoms with Gasteiger partial charge in [0.2, 0.25) is 5.91 Å². The van der Waals surface area contributed by atoms with Crippen molar-refractivity contribution in [2.75, 3.05) is 10.6 Å². The van der Waals surface area contributed by atoms with Crippen LogP contribution in [0, 0.1) is 11.3 Å². The molecule has 0 aromatic heterocycles.